The van der Waals surface area contributed by atoms with Crippen molar-refractivity contribution in [3.8, 4) is 16.9 Å². The second kappa shape index (κ2) is 7.36. The number of aromatic hydroxyl groups is 1. The van der Waals surface area contributed by atoms with E-state index in [2.05, 4.69) is 63.8 Å². The Kier molecular flexibility index (Phi) is 4.22. The predicted molar refractivity (Wildman–Crippen MR) is 131 cm³/mol. The Balaban J connectivity index is 1.45. The lowest BCUT2D eigenvalue weighted by Crippen LogP contribution is -1.95. The summed E-state index contributed by atoms with van der Waals surface area (Å²) in [5.41, 5.74) is 4.21. The van der Waals surface area contributed by atoms with Gasteiger partial charge in [0, 0.05) is 28.9 Å². The highest BCUT2D eigenvalue weighted by molar-refractivity contribution is 6.04. The first-order valence-electron chi connectivity index (χ1n) is 10.5. The first kappa shape index (κ1) is 18.3. The number of nitrogens with zero attached hydrogens (tertiary/aromatic N) is 2. The van der Waals surface area contributed by atoms with Gasteiger partial charge in [-0.3, -0.25) is 4.98 Å². The zero-order valence-electron chi connectivity index (χ0n) is 17.2. The number of pyridine rings is 2. The molecular weight excluding hydrogens is 394 g/mol. The van der Waals surface area contributed by atoms with Crippen LogP contribution in [0.25, 0.3) is 43.6 Å². The van der Waals surface area contributed by atoms with E-state index in [4.69, 9.17) is 0 Å². The van der Waals surface area contributed by atoms with Gasteiger partial charge < -0.3 is 10.4 Å². The number of fused-ring (bicyclic) bond motifs is 3. The summed E-state index contributed by atoms with van der Waals surface area (Å²) in [6.45, 7) is 0. The molecule has 0 radical (unpaired) electrons. The third kappa shape index (κ3) is 3.19. The number of hydrogen-bond donors (Lipinski definition) is 2. The number of hydrogen-bond acceptors (Lipinski definition) is 4. The molecule has 0 saturated carbocycles. The molecule has 0 aliphatic rings. The van der Waals surface area contributed by atoms with E-state index in [9.17, 15) is 5.11 Å². The van der Waals surface area contributed by atoms with Crippen molar-refractivity contribution in [2.75, 3.05) is 5.32 Å². The predicted octanol–water partition coefficient (Wildman–Crippen LogP) is 7.05. The van der Waals surface area contributed by atoms with Gasteiger partial charge in [0.05, 0.1) is 5.52 Å². The summed E-state index contributed by atoms with van der Waals surface area (Å²) in [7, 11) is 0. The Morgan fingerprint density at radius 2 is 1.53 bits per heavy atom. The zero-order chi connectivity index (χ0) is 21.5. The molecule has 4 heteroatoms. The number of rotatable bonds is 3. The van der Waals surface area contributed by atoms with Gasteiger partial charge in [0.25, 0.3) is 0 Å². The lowest BCUT2D eigenvalue weighted by Gasteiger charge is -2.13. The highest BCUT2D eigenvalue weighted by Crippen LogP contribution is 2.34. The van der Waals surface area contributed by atoms with Crippen LogP contribution in [0.5, 0.6) is 5.75 Å². The number of aromatic nitrogens is 2. The minimum atomic E-state index is 0.279. The second-order valence-electron chi connectivity index (χ2n) is 7.84. The molecule has 152 valence electrons. The maximum atomic E-state index is 9.75. The van der Waals surface area contributed by atoms with Crippen molar-refractivity contribution >= 4 is 44.0 Å². The molecule has 2 aromatic heterocycles. The van der Waals surface area contributed by atoms with E-state index >= 15 is 0 Å². The maximum absolute atomic E-state index is 9.75. The number of phenols is 1. The number of benzene rings is 4. The molecule has 4 nitrogen and oxygen atoms in total. The van der Waals surface area contributed by atoms with E-state index in [-0.39, 0.29) is 5.75 Å². The Hall–Kier alpha value is -4.44. The van der Waals surface area contributed by atoms with E-state index in [1.54, 1.807) is 18.3 Å². The lowest BCUT2D eigenvalue weighted by molar-refractivity contribution is 0.476. The first-order valence-corrected chi connectivity index (χ1v) is 10.5. The van der Waals surface area contributed by atoms with Gasteiger partial charge >= 0.3 is 0 Å². The molecule has 0 saturated heterocycles. The molecule has 2 N–H and O–H groups in total. The van der Waals surface area contributed by atoms with Crippen molar-refractivity contribution in [2.24, 2.45) is 0 Å². The summed E-state index contributed by atoms with van der Waals surface area (Å²) in [5.74, 6) is 1.10. The van der Waals surface area contributed by atoms with Crippen LogP contribution >= 0.6 is 0 Å². The smallest absolute Gasteiger partial charge is 0.138 e. The van der Waals surface area contributed by atoms with Crippen molar-refractivity contribution in [3.63, 3.8) is 0 Å². The Morgan fingerprint density at radius 3 is 2.50 bits per heavy atom. The molecule has 4 aromatic carbocycles. The number of anilines is 2. The van der Waals surface area contributed by atoms with Crippen LogP contribution in [0.1, 0.15) is 0 Å². The molecule has 0 aliphatic heterocycles. The summed E-state index contributed by atoms with van der Waals surface area (Å²) < 4.78 is 0. The largest absolute Gasteiger partial charge is 0.508 e. The molecule has 0 spiro atoms. The van der Waals surface area contributed by atoms with E-state index in [1.807, 2.05) is 36.5 Å². The van der Waals surface area contributed by atoms with E-state index in [0.717, 1.165) is 55.1 Å². The van der Waals surface area contributed by atoms with Crippen molar-refractivity contribution < 1.29 is 5.11 Å². The SMILES string of the molecule is Oc1ccc2cc(-c3cccc4c(Nc5ccc6ncccc6c5)nccc34)ccc2c1. The fourth-order valence-corrected chi connectivity index (χ4v) is 4.25. The fourth-order valence-electron chi connectivity index (χ4n) is 4.25. The molecule has 32 heavy (non-hydrogen) atoms. The topological polar surface area (TPSA) is 58.0 Å². The summed E-state index contributed by atoms with van der Waals surface area (Å²) >= 11 is 0. The van der Waals surface area contributed by atoms with Gasteiger partial charge in [-0.2, -0.15) is 0 Å². The van der Waals surface area contributed by atoms with Crippen LogP contribution in [0, 0.1) is 0 Å². The Bertz CT molecular complexity index is 1620. The maximum Gasteiger partial charge on any atom is 0.138 e. The Labute approximate surface area is 184 Å². The monoisotopic (exact) mass is 413 g/mol. The molecule has 0 bridgehead atoms. The van der Waals surface area contributed by atoms with Crippen LogP contribution in [-0.4, -0.2) is 15.1 Å². The summed E-state index contributed by atoms with van der Waals surface area (Å²) in [4.78, 5) is 9.02. The fraction of sp³-hybridized carbons (Fsp3) is 0. The van der Waals surface area contributed by atoms with Gasteiger partial charge in [0.15, 0.2) is 0 Å². The molecule has 2 heterocycles. The molecule has 0 unspecified atom stereocenters. The molecule has 0 fully saturated rings. The molecule has 6 aromatic rings. The standard InChI is InChI=1S/C28H19N3O/c32-23-10-8-18-15-20(7-6-19(18)17-23)24-4-1-5-26-25(24)12-14-30-28(26)31-22-9-11-27-21(16-22)3-2-13-29-27/h1-17,32H,(H,30,31). The van der Waals surface area contributed by atoms with Crippen molar-refractivity contribution in [1.29, 1.82) is 0 Å². The van der Waals surface area contributed by atoms with Gasteiger partial charge in [-0.05, 0) is 75.8 Å². The van der Waals surface area contributed by atoms with Gasteiger partial charge in [0.1, 0.15) is 11.6 Å². The lowest BCUT2D eigenvalue weighted by atomic mass is 9.96. The highest BCUT2D eigenvalue weighted by Gasteiger charge is 2.09. The second-order valence-corrected chi connectivity index (χ2v) is 7.84. The summed E-state index contributed by atoms with van der Waals surface area (Å²) in [6.07, 6.45) is 3.65. The van der Waals surface area contributed by atoms with E-state index in [0.29, 0.717) is 0 Å². The summed E-state index contributed by atoms with van der Waals surface area (Å²) in [5, 5.41) is 18.6. The Morgan fingerprint density at radius 1 is 0.625 bits per heavy atom. The number of nitrogens with one attached hydrogen (secondary N) is 1. The number of phenolic OH excluding ortho intramolecular Hbond substituents is 1. The molecular formula is C28H19N3O. The van der Waals surface area contributed by atoms with Crippen LogP contribution in [0.3, 0.4) is 0 Å². The van der Waals surface area contributed by atoms with E-state index < -0.39 is 0 Å². The minimum Gasteiger partial charge on any atom is -0.508 e. The summed E-state index contributed by atoms with van der Waals surface area (Å²) in [6, 6.07) is 30.2. The van der Waals surface area contributed by atoms with Crippen LogP contribution in [0.4, 0.5) is 11.5 Å². The van der Waals surface area contributed by atoms with Crippen molar-refractivity contribution in [3.05, 3.63) is 103 Å². The van der Waals surface area contributed by atoms with Gasteiger partial charge in [-0.15, -0.1) is 0 Å². The minimum absolute atomic E-state index is 0.279. The molecule has 0 amide bonds. The quantitative estimate of drug-likeness (QED) is 0.326. The van der Waals surface area contributed by atoms with Crippen LogP contribution in [-0.2, 0) is 0 Å². The third-order valence-corrected chi connectivity index (χ3v) is 5.81. The highest BCUT2D eigenvalue weighted by atomic mass is 16.3. The van der Waals surface area contributed by atoms with Crippen LogP contribution in [0.2, 0.25) is 0 Å². The average Bonchev–Trinajstić information content (AvgIpc) is 2.83. The van der Waals surface area contributed by atoms with Gasteiger partial charge in [0.2, 0.25) is 0 Å². The normalized spacial score (nSPS) is 11.2. The molecule has 6 rings (SSSR count). The van der Waals surface area contributed by atoms with Crippen molar-refractivity contribution in [1.82, 2.24) is 9.97 Å². The van der Waals surface area contributed by atoms with Gasteiger partial charge in [-0.1, -0.05) is 42.5 Å². The molecule has 0 atom stereocenters. The average molecular weight is 413 g/mol. The van der Waals surface area contributed by atoms with Crippen LogP contribution in [0.15, 0.2) is 103 Å². The van der Waals surface area contributed by atoms with Crippen molar-refractivity contribution in [2.45, 2.75) is 0 Å². The van der Waals surface area contributed by atoms with Crippen LogP contribution < -0.4 is 5.32 Å². The zero-order valence-corrected chi connectivity index (χ0v) is 17.2. The third-order valence-electron chi connectivity index (χ3n) is 5.81. The molecule has 0 aliphatic carbocycles. The van der Waals surface area contributed by atoms with Gasteiger partial charge in [-0.25, -0.2) is 4.98 Å². The first-order chi connectivity index (χ1) is 15.7. The van der Waals surface area contributed by atoms with E-state index in [1.165, 1.54) is 0 Å².